The molecule has 1 aromatic heterocycles. The van der Waals surface area contributed by atoms with E-state index in [0.717, 1.165) is 4.90 Å². The van der Waals surface area contributed by atoms with E-state index >= 15 is 0 Å². The maximum absolute atomic E-state index is 13.2. The highest BCUT2D eigenvalue weighted by Gasteiger charge is 2.37. The van der Waals surface area contributed by atoms with Gasteiger partial charge in [-0.3, -0.25) is 9.36 Å². The summed E-state index contributed by atoms with van der Waals surface area (Å²) in [7, 11) is 0. The molecule has 0 saturated carbocycles. The lowest BCUT2D eigenvalue weighted by Gasteiger charge is -2.29. The molecule has 0 aliphatic carbocycles. The summed E-state index contributed by atoms with van der Waals surface area (Å²) in [6.45, 7) is 5.13. The van der Waals surface area contributed by atoms with Crippen molar-refractivity contribution in [2.75, 3.05) is 11.9 Å². The molecule has 12 heteroatoms. The van der Waals surface area contributed by atoms with Crippen LogP contribution in [0.5, 0.6) is 0 Å². The molecule has 1 atom stereocenters. The molecular formula is C23H22F6N4O2. The van der Waals surface area contributed by atoms with Crippen LogP contribution >= 0.6 is 0 Å². The number of aromatic nitrogens is 2. The van der Waals surface area contributed by atoms with Gasteiger partial charge in [0.15, 0.2) is 0 Å². The Balaban J connectivity index is 2.00. The van der Waals surface area contributed by atoms with Crippen molar-refractivity contribution in [3.63, 3.8) is 0 Å². The fraction of sp³-hybridized carbons (Fsp3) is 0.348. The van der Waals surface area contributed by atoms with Crippen molar-refractivity contribution in [2.45, 2.75) is 45.7 Å². The summed E-state index contributed by atoms with van der Waals surface area (Å²) >= 11 is 0. The van der Waals surface area contributed by atoms with E-state index in [2.05, 4.69) is 10.3 Å². The van der Waals surface area contributed by atoms with Crippen LogP contribution in [0.1, 0.15) is 43.8 Å². The number of fused-ring (bicyclic) bond motifs is 1. The molecule has 2 amide bonds. The van der Waals surface area contributed by atoms with E-state index in [1.165, 1.54) is 4.57 Å². The van der Waals surface area contributed by atoms with Crippen molar-refractivity contribution in [2.24, 2.45) is 0 Å². The molecule has 188 valence electrons. The van der Waals surface area contributed by atoms with Crippen molar-refractivity contribution < 1.29 is 31.1 Å². The van der Waals surface area contributed by atoms with E-state index in [4.69, 9.17) is 0 Å². The van der Waals surface area contributed by atoms with E-state index in [0.29, 0.717) is 23.0 Å². The highest BCUT2D eigenvalue weighted by molar-refractivity contribution is 5.90. The number of rotatable bonds is 5. The van der Waals surface area contributed by atoms with Crippen LogP contribution in [0.4, 0.5) is 36.8 Å². The Kier molecular flexibility index (Phi) is 7.13. The number of urea groups is 1. The van der Waals surface area contributed by atoms with E-state index in [1.54, 1.807) is 45.0 Å². The molecule has 1 N–H and O–H groups in total. The van der Waals surface area contributed by atoms with Crippen molar-refractivity contribution >= 4 is 22.6 Å². The Bertz CT molecular complexity index is 1270. The highest BCUT2D eigenvalue weighted by atomic mass is 19.4. The van der Waals surface area contributed by atoms with E-state index in [9.17, 15) is 35.9 Å². The van der Waals surface area contributed by atoms with E-state index in [1.807, 2.05) is 0 Å². The van der Waals surface area contributed by atoms with Gasteiger partial charge in [-0.05, 0) is 51.1 Å². The molecule has 0 aliphatic heterocycles. The van der Waals surface area contributed by atoms with Crippen LogP contribution < -0.4 is 10.9 Å². The maximum Gasteiger partial charge on any atom is 0.416 e. The van der Waals surface area contributed by atoms with Gasteiger partial charge in [-0.1, -0.05) is 12.1 Å². The number of nitrogens with zero attached hydrogens (tertiary/aromatic N) is 3. The first-order valence-corrected chi connectivity index (χ1v) is 10.6. The topological polar surface area (TPSA) is 67.2 Å². The molecule has 1 unspecified atom stereocenters. The summed E-state index contributed by atoms with van der Waals surface area (Å²) in [4.78, 5) is 31.5. The molecule has 0 saturated heterocycles. The normalized spacial score (nSPS) is 13.1. The number of carbonyl (C=O) groups excluding carboxylic acids is 1. The Morgan fingerprint density at radius 3 is 2.11 bits per heavy atom. The quantitative estimate of drug-likeness (QED) is 0.433. The fourth-order valence-corrected chi connectivity index (χ4v) is 3.76. The molecule has 0 spiro atoms. The van der Waals surface area contributed by atoms with Gasteiger partial charge in [0, 0.05) is 18.8 Å². The Morgan fingerprint density at radius 1 is 1.03 bits per heavy atom. The first-order chi connectivity index (χ1) is 16.3. The van der Waals surface area contributed by atoms with Gasteiger partial charge >= 0.3 is 18.4 Å². The molecule has 1 heterocycles. The van der Waals surface area contributed by atoms with Gasteiger partial charge in [-0.2, -0.15) is 26.3 Å². The lowest BCUT2D eigenvalue weighted by Crippen LogP contribution is -2.40. The van der Waals surface area contributed by atoms with Crippen LogP contribution in [0.3, 0.4) is 0 Å². The summed E-state index contributed by atoms with van der Waals surface area (Å²) in [6, 6.07) is 5.69. The van der Waals surface area contributed by atoms with Crippen molar-refractivity contribution in [3.8, 4) is 0 Å². The van der Waals surface area contributed by atoms with E-state index < -0.39 is 41.2 Å². The molecule has 2 aromatic carbocycles. The number of hydrogen-bond donors (Lipinski definition) is 1. The third-order valence-electron chi connectivity index (χ3n) is 5.49. The van der Waals surface area contributed by atoms with Crippen LogP contribution in [0.15, 0.2) is 47.3 Å². The summed E-state index contributed by atoms with van der Waals surface area (Å²) in [5.41, 5.74) is -3.69. The smallest absolute Gasteiger partial charge is 0.315 e. The third kappa shape index (κ3) is 5.41. The van der Waals surface area contributed by atoms with Crippen molar-refractivity contribution in [3.05, 3.63) is 69.8 Å². The van der Waals surface area contributed by atoms with Gasteiger partial charge in [0.1, 0.15) is 5.82 Å². The standard InChI is InChI=1S/C23H22F6N4O2/c1-4-32(13(3)19-31-18-9-7-6-8-17(18)20(34)33(19)5-2)21(35)30-16-11-14(22(24,25)26)10-15(12-16)23(27,28)29/h6-13H,4-5H2,1-3H3,(H,30,35). The number of benzene rings is 2. The fourth-order valence-electron chi connectivity index (χ4n) is 3.76. The zero-order valence-corrected chi connectivity index (χ0v) is 19.0. The van der Waals surface area contributed by atoms with Gasteiger partial charge < -0.3 is 10.2 Å². The van der Waals surface area contributed by atoms with Gasteiger partial charge in [-0.25, -0.2) is 9.78 Å². The molecule has 35 heavy (non-hydrogen) atoms. The summed E-state index contributed by atoms with van der Waals surface area (Å²) in [6.07, 6.45) is -10.1. The number of para-hydroxylation sites is 1. The van der Waals surface area contributed by atoms with Crippen LogP contribution in [-0.2, 0) is 18.9 Å². The summed E-state index contributed by atoms with van der Waals surface area (Å²) in [5, 5.41) is 2.51. The number of nitrogens with one attached hydrogen (secondary N) is 1. The SMILES string of the molecule is CCN(C(=O)Nc1cc(C(F)(F)F)cc(C(F)(F)F)c1)C(C)c1nc2ccccc2c(=O)n1CC. The molecule has 3 aromatic rings. The molecule has 0 aliphatic rings. The zero-order chi connectivity index (χ0) is 26.1. The monoisotopic (exact) mass is 500 g/mol. The Hall–Kier alpha value is -3.57. The molecular weight excluding hydrogens is 478 g/mol. The first-order valence-electron chi connectivity index (χ1n) is 10.6. The molecule has 6 nitrogen and oxygen atoms in total. The number of amides is 2. The second-order valence-electron chi connectivity index (χ2n) is 7.72. The van der Waals surface area contributed by atoms with Crippen LogP contribution in [0.25, 0.3) is 10.9 Å². The summed E-state index contributed by atoms with van der Waals surface area (Å²) < 4.78 is 80.4. The predicted octanol–water partition coefficient (Wildman–Crippen LogP) is 6.07. The average molecular weight is 500 g/mol. The molecule has 0 bridgehead atoms. The average Bonchev–Trinajstić information content (AvgIpc) is 2.78. The van der Waals surface area contributed by atoms with Gasteiger partial charge in [0.2, 0.25) is 0 Å². The Labute approximate surface area is 196 Å². The minimum absolute atomic E-state index is 0.0190. The van der Waals surface area contributed by atoms with Gasteiger partial charge in [-0.15, -0.1) is 0 Å². The van der Waals surface area contributed by atoms with Crippen LogP contribution in [0.2, 0.25) is 0 Å². The Morgan fingerprint density at radius 2 is 1.60 bits per heavy atom. The second-order valence-corrected chi connectivity index (χ2v) is 7.72. The second kappa shape index (κ2) is 9.59. The largest absolute Gasteiger partial charge is 0.416 e. The predicted molar refractivity (Wildman–Crippen MR) is 118 cm³/mol. The lowest BCUT2D eigenvalue weighted by atomic mass is 10.1. The van der Waals surface area contributed by atoms with Crippen molar-refractivity contribution in [1.29, 1.82) is 0 Å². The maximum atomic E-state index is 13.2. The highest BCUT2D eigenvalue weighted by Crippen LogP contribution is 2.37. The minimum Gasteiger partial charge on any atom is -0.315 e. The van der Waals surface area contributed by atoms with E-state index in [-0.39, 0.29) is 30.5 Å². The van der Waals surface area contributed by atoms with Crippen LogP contribution in [-0.4, -0.2) is 27.0 Å². The van der Waals surface area contributed by atoms with Gasteiger partial charge in [0.05, 0.1) is 28.1 Å². The number of halogens is 6. The van der Waals surface area contributed by atoms with Crippen LogP contribution in [0, 0.1) is 0 Å². The van der Waals surface area contributed by atoms with Gasteiger partial charge in [0.25, 0.3) is 5.56 Å². The summed E-state index contributed by atoms with van der Waals surface area (Å²) in [5.74, 6) is 0.230. The number of alkyl halides is 6. The molecule has 0 fully saturated rings. The zero-order valence-electron chi connectivity index (χ0n) is 19.0. The lowest BCUT2D eigenvalue weighted by molar-refractivity contribution is -0.143. The molecule has 0 radical (unpaired) electrons. The third-order valence-corrected chi connectivity index (χ3v) is 5.49. The number of hydrogen-bond acceptors (Lipinski definition) is 3. The first kappa shape index (κ1) is 26.0. The minimum atomic E-state index is -5.05. The number of anilines is 1. The molecule has 3 rings (SSSR count). The van der Waals surface area contributed by atoms with Crippen molar-refractivity contribution in [1.82, 2.24) is 14.5 Å². The number of carbonyl (C=O) groups is 1.